The average Bonchev–Trinajstić information content (AvgIpc) is 2.30. The van der Waals surface area contributed by atoms with Gasteiger partial charge in [0.05, 0.1) is 10.2 Å². The molecule has 0 spiro atoms. The van der Waals surface area contributed by atoms with Gasteiger partial charge in [0.25, 0.3) is 0 Å². The van der Waals surface area contributed by atoms with Gasteiger partial charge in [0.2, 0.25) is 0 Å². The van der Waals surface area contributed by atoms with Crippen LogP contribution in [0.2, 0.25) is 0 Å². The van der Waals surface area contributed by atoms with Crippen LogP contribution in [0.1, 0.15) is 5.76 Å². The van der Waals surface area contributed by atoms with Gasteiger partial charge in [-0.2, -0.15) is 8.42 Å². The third kappa shape index (κ3) is 3.36. The Labute approximate surface area is 77.9 Å². The summed E-state index contributed by atoms with van der Waals surface area (Å²) in [5.41, 5.74) is 0. The highest BCUT2D eigenvalue weighted by atomic mass is 79.9. The van der Waals surface area contributed by atoms with Crippen LogP contribution >= 0.6 is 15.9 Å². The number of halogens is 2. The average molecular weight is 257 g/mol. The van der Waals surface area contributed by atoms with Gasteiger partial charge in [0, 0.05) is 6.42 Å². The number of hydrogen-bond acceptors (Lipinski definition) is 3. The van der Waals surface area contributed by atoms with E-state index < -0.39 is 16.0 Å². The maximum Gasteiger partial charge on any atom is 0.302 e. The molecule has 0 fully saturated rings. The number of aryl methyl sites for hydroxylation is 1. The fourth-order valence-corrected chi connectivity index (χ4v) is 1.50. The first-order valence-corrected chi connectivity index (χ1v) is 5.47. The summed E-state index contributed by atoms with van der Waals surface area (Å²) in [5.74, 6) is -0.0875. The van der Waals surface area contributed by atoms with Gasteiger partial charge in [-0.1, -0.05) is 0 Å². The molecule has 0 saturated heterocycles. The summed E-state index contributed by atoms with van der Waals surface area (Å²) >= 11 is 3.12. The van der Waals surface area contributed by atoms with E-state index in [4.69, 9.17) is 4.42 Å². The van der Waals surface area contributed by atoms with Gasteiger partial charge in [-0.05, 0) is 22.0 Å². The first-order chi connectivity index (χ1) is 5.47. The Hall–Kier alpha value is -0.360. The van der Waals surface area contributed by atoms with E-state index in [2.05, 4.69) is 15.9 Å². The maximum absolute atomic E-state index is 12.0. The van der Waals surface area contributed by atoms with Crippen molar-refractivity contribution in [3.63, 3.8) is 0 Å². The molecule has 12 heavy (non-hydrogen) atoms. The van der Waals surface area contributed by atoms with Gasteiger partial charge in [-0.25, -0.2) is 0 Å². The van der Waals surface area contributed by atoms with Gasteiger partial charge in [-0.15, -0.1) is 3.89 Å². The molecule has 0 aromatic carbocycles. The van der Waals surface area contributed by atoms with E-state index in [-0.39, 0.29) is 6.42 Å². The van der Waals surface area contributed by atoms with Crippen molar-refractivity contribution in [2.45, 2.75) is 6.42 Å². The second-order valence-corrected chi connectivity index (χ2v) is 4.63. The first-order valence-electron chi connectivity index (χ1n) is 3.12. The van der Waals surface area contributed by atoms with E-state index in [0.717, 1.165) is 0 Å². The number of furan rings is 1. The molecule has 6 heteroatoms. The molecular formula is C6H6BrFO3S. The van der Waals surface area contributed by atoms with Crippen LogP contribution in [0.4, 0.5) is 3.89 Å². The van der Waals surface area contributed by atoms with Crippen molar-refractivity contribution in [2.75, 3.05) is 5.75 Å². The molecule has 0 aliphatic rings. The smallest absolute Gasteiger partial charge is 0.302 e. The largest absolute Gasteiger partial charge is 0.468 e. The molecular weight excluding hydrogens is 251 g/mol. The Morgan fingerprint density at radius 2 is 2.25 bits per heavy atom. The predicted molar refractivity (Wildman–Crippen MR) is 45.0 cm³/mol. The molecule has 1 aromatic heterocycles. The van der Waals surface area contributed by atoms with Crippen LogP contribution in [0.5, 0.6) is 0 Å². The standard InChI is InChI=1S/C6H6BrFO3S/c7-5-3-6(11-4-5)1-2-12(8,9)10/h3-4H,1-2H2. The Morgan fingerprint density at radius 1 is 1.58 bits per heavy atom. The molecule has 0 saturated carbocycles. The molecule has 1 rings (SSSR count). The minimum absolute atomic E-state index is 0.0600. The zero-order valence-electron chi connectivity index (χ0n) is 5.96. The van der Waals surface area contributed by atoms with Crippen LogP contribution in [0, 0.1) is 0 Å². The summed E-state index contributed by atoms with van der Waals surface area (Å²) in [7, 11) is -4.39. The quantitative estimate of drug-likeness (QED) is 0.777. The molecule has 0 unspecified atom stereocenters. The molecule has 68 valence electrons. The van der Waals surface area contributed by atoms with Gasteiger partial charge in [-0.3, -0.25) is 0 Å². The third-order valence-electron chi connectivity index (χ3n) is 1.21. The van der Waals surface area contributed by atoms with Crippen molar-refractivity contribution in [1.29, 1.82) is 0 Å². The summed E-state index contributed by atoms with van der Waals surface area (Å²) in [6, 6.07) is 1.60. The van der Waals surface area contributed by atoms with Crippen molar-refractivity contribution in [3.05, 3.63) is 22.6 Å². The van der Waals surface area contributed by atoms with Crippen molar-refractivity contribution in [2.24, 2.45) is 0 Å². The zero-order chi connectivity index (χ0) is 9.19. The van der Waals surface area contributed by atoms with Crippen LogP contribution in [0.3, 0.4) is 0 Å². The summed E-state index contributed by atoms with van der Waals surface area (Å²) < 4.78 is 37.8. The zero-order valence-corrected chi connectivity index (χ0v) is 8.36. The Kier molecular flexibility index (Phi) is 2.89. The summed E-state index contributed by atoms with van der Waals surface area (Å²) in [4.78, 5) is 0. The highest BCUT2D eigenvalue weighted by molar-refractivity contribution is 9.10. The van der Waals surface area contributed by atoms with Crippen LogP contribution in [0.15, 0.2) is 21.2 Å². The van der Waals surface area contributed by atoms with Crippen LogP contribution in [0.25, 0.3) is 0 Å². The topological polar surface area (TPSA) is 47.3 Å². The second-order valence-electron chi connectivity index (χ2n) is 2.22. The van der Waals surface area contributed by atoms with Gasteiger partial charge >= 0.3 is 10.2 Å². The maximum atomic E-state index is 12.0. The molecule has 1 heterocycles. The highest BCUT2D eigenvalue weighted by Crippen LogP contribution is 2.14. The van der Waals surface area contributed by atoms with E-state index in [1.54, 1.807) is 6.07 Å². The number of hydrogen-bond donors (Lipinski definition) is 0. The lowest BCUT2D eigenvalue weighted by molar-refractivity contribution is 0.507. The molecule has 1 aromatic rings. The van der Waals surface area contributed by atoms with Crippen LogP contribution < -0.4 is 0 Å². The van der Waals surface area contributed by atoms with Gasteiger partial charge < -0.3 is 4.42 Å². The summed E-state index contributed by atoms with van der Waals surface area (Å²) in [5, 5.41) is 0. The fourth-order valence-electron chi connectivity index (χ4n) is 0.707. The third-order valence-corrected chi connectivity index (χ3v) is 2.32. The first kappa shape index (κ1) is 9.73. The van der Waals surface area contributed by atoms with Crippen molar-refractivity contribution in [1.82, 2.24) is 0 Å². The van der Waals surface area contributed by atoms with Crippen molar-refractivity contribution < 1.29 is 16.7 Å². The van der Waals surface area contributed by atoms with Crippen molar-refractivity contribution in [3.8, 4) is 0 Å². The second kappa shape index (κ2) is 3.57. The molecule has 0 atom stereocenters. The van der Waals surface area contributed by atoms with Gasteiger partial charge in [0.15, 0.2) is 0 Å². The Bertz CT molecular complexity index is 357. The molecule has 3 nitrogen and oxygen atoms in total. The summed E-state index contributed by atoms with van der Waals surface area (Å²) in [6.45, 7) is 0. The summed E-state index contributed by atoms with van der Waals surface area (Å²) in [6.07, 6.45) is 1.48. The molecule has 0 radical (unpaired) electrons. The van der Waals surface area contributed by atoms with Crippen molar-refractivity contribution >= 4 is 26.2 Å². The predicted octanol–water partition coefficient (Wildman–Crippen LogP) is 1.88. The van der Waals surface area contributed by atoms with E-state index in [1.807, 2.05) is 0 Å². The van der Waals surface area contributed by atoms with E-state index in [1.165, 1.54) is 6.26 Å². The number of rotatable bonds is 3. The van der Waals surface area contributed by atoms with E-state index in [9.17, 15) is 12.3 Å². The lowest BCUT2D eigenvalue weighted by Gasteiger charge is -1.90. The SMILES string of the molecule is O=S(=O)(F)CCc1cc(Br)co1. The monoisotopic (exact) mass is 256 g/mol. The van der Waals surface area contributed by atoms with E-state index in [0.29, 0.717) is 10.2 Å². The molecule has 0 aliphatic heterocycles. The lowest BCUT2D eigenvalue weighted by Crippen LogP contribution is -2.00. The molecule has 0 aliphatic carbocycles. The Balaban J connectivity index is 2.55. The molecule has 0 bridgehead atoms. The lowest BCUT2D eigenvalue weighted by atomic mass is 10.4. The van der Waals surface area contributed by atoms with Gasteiger partial charge in [0.1, 0.15) is 12.0 Å². The Morgan fingerprint density at radius 3 is 2.67 bits per heavy atom. The molecule has 0 amide bonds. The minimum Gasteiger partial charge on any atom is -0.468 e. The minimum atomic E-state index is -4.39. The van der Waals surface area contributed by atoms with Crippen LogP contribution in [-0.4, -0.2) is 14.2 Å². The fraction of sp³-hybridized carbons (Fsp3) is 0.333. The van der Waals surface area contributed by atoms with Crippen LogP contribution in [-0.2, 0) is 16.6 Å². The molecule has 0 N–H and O–H groups in total. The highest BCUT2D eigenvalue weighted by Gasteiger charge is 2.09. The normalized spacial score (nSPS) is 11.8. The van der Waals surface area contributed by atoms with E-state index >= 15 is 0 Å².